The first-order valence-electron chi connectivity index (χ1n) is 7.90. The maximum absolute atomic E-state index is 6.19. The van der Waals surface area contributed by atoms with Gasteiger partial charge in [-0.05, 0) is 43.9 Å². The standard InChI is InChI=1S/C17H29N3O/c1-11(2)13-12(3)19-15(20-14(13)18)17(21-6)9-7-16(4,5)8-10-17/h11H,7-10H2,1-6H3,(H2,18,19,20). The van der Waals surface area contributed by atoms with E-state index in [9.17, 15) is 0 Å². The van der Waals surface area contributed by atoms with E-state index in [0.717, 1.165) is 42.8 Å². The summed E-state index contributed by atoms with van der Waals surface area (Å²) in [5.74, 6) is 1.71. The molecule has 0 atom stereocenters. The summed E-state index contributed by atoms with van der Waals surface area (Å²) in [4.78, 5) is 9.36. The number of methoxy groups -OCH3 is 1. The Morgan fingerprint density at radius 3 is 2.10 bits per heavy atom. The molecular weight excluding hydrogens is 262 g/mol. The Labute approximate surface area is 128 Å². The summed E-state index contributed by atoms with van der Waals surface area (Å²) in [5, 5.41) is 0. The van der Waals surface area contributed by atoms with Crippen LogP contribution in [-0.2, 0) is 10.3 Å². The van der Waals surface area contributed by atoms with Crippen molar-refractivity contribution in [1.82, 2.24) is 9.97 Å². The highest BCUT2D eigenvalue weighted by Crippen LogP contribution is 2.46. The van der Waals surface area contributed by atoms with Gasteiger partial charge in [0.2, 0.25) is 0 Å². The number of nitrogen functional groups attached to an aromatic ring is 1. The van der Waals surface area contributed by atoms with Crippen molar-refractivity contribution in [1.29, 1.82) is 0 Å². The summed E-state index contributed by atoms with van der Waals surface area (Å²) in [6.07, 6.45) is 4.15. The molecule has 21 heavy (non-hydrogen) atoms. The second-order valence-corrected chi connectivity index (χ2v) is 7.45. The molecule has 4 nitrogen and oxygen atoms in total. The molecule has 1 saturated carbocycles. The van der Waals surface area contributed by atoms with Crippen LogP contribution < -0.4 is 5.73 Å². The molecule has 0 aromatic carbocycles. The van der Waals surface area contributed by atoms with E-state index in [0.29, 0.717) is 17.2 Å². The number of anilines is 1. The number of nitrogens with zero attached hydrogens (tertiary/aromatic N) is 2. The molecule has 1 aliphatic carbocycles. The van der Waals surface area contributed by atoms with Crippen molar-refractivity contribution < 1.29 is 4.74 Å². The van der Waals surface area contributed by atoms with E-state index in [4.69, 9.17) is 15.5 Å². The van der Waals surface area contributed by atoms with Gasteiger partial charge in [0.05, 0.1) is 0 Å². The van der Waals surface area contributed by atoms with Crippen molar-refractivity contribution >= 4 is 5.82 Å². The topological polar surface area (TPSA) is 61.0 Å². The predicted molar refractivity (Wildman–Crippen MR) is 86.2 cm³/mol. The van der Waals surface area contributed by atoms with Crippen LogP contribution in [0.15, 0.2) is 0 Å². The Bertz CT molecular complexity index is 490. The van der Waals surface area contributed by atoms with Gasteiger partial charge in [-0.25, -0.2) is 9.97 Å². The molecule has 2 N–H and O–H groups in total. The van der Waals surface area contributed by atoms with Crippen LogP contribution in [0.3, 0.4) is 0 Å². The van der Waals surface area contributed by atoms with Crippen LogP contribution in [0.25, 0.3) is 0 Å². The van der Waals surface area contributed by atoms with Crippen molar-refractivity contribution in [3.63, 3.8) is 0 Å². The molecule has 0 amide bonds. The molecule has 0 unspecified atom stereocenters. The molecule has 1 fully saturated rings. The molecule has 1 heterocycles. The Kier molecular flexibility index (Phi) is 4.29. The quantitative estimate of drug-likeness (QED) is 0.916. The molecule has 118 valence electrons. The first-order chi connectivity index (χ1) is 9.71. The minimum absolute atomic E-state index is 0.336. The number of hydrogen-bond acceptors (Lipinski definition) is 4. The van der Waals surface area contributed by atoms with Crippen molar-refractivity contribution in [2.75, 3.05) is 12.8 Å². The zero-order valence-electron chi connectivity index (χ0n) is 14.3. The third-order valence-corrected chi connectivity index (χ3v) is 4.95. The van der Waals surface area contributed by atoms with E-state index >= 15 is 0 Å². The largest absolute Gasteiger partial charge is 0.383 e. The third-order valence-electron chi connectivity index (χ3n) is 4.95. The van der Waals surface area contributed by atoms with Crippen molar-refractivity contribution in [3.8, 4) is 0 Å². The summed E-state index contributed by atoms with van der Waals surface area (Å²) in [5.41, 5.74) is 8.23. The Balaban J connectivity index is 2.40. The lowest BCUT2D eigenvalue weighted by atomic mass is 9.70. The van der Waals surface area contributed by atoms with Crippen LogP contribution in [0.5, 0.6) is 0 Å². The van der Waals surface area contributed by atoms with Crippen molar-refractivity contribution in [2.24, 2.45) is 5.41 Å². The van der Waals surface area contributed by atoms with Gasteiger partial charge in [-0.2, -0.15) is 0 Å². The number of aromatic nitrogens is 2. The van der Waals surface area contributed by atoms with Gasteiger partial charge in [0, 0.05) is 18.4 Å². The van der Waals surface area contributed by atoms with Gasteiger partial charge < -0.3 is 10.5 Å². The molecule has 0 aliphatic heterocycles. The van der Waals surface area contributed by atoms with Gasteiger partial charge in [-0.1, -0.05) is 27.7 Å². The Morgan fingerprint density at radius 2 is 1.67 bits per heavy atom. The fraction of sp³-hybridized carbons (Fsp3) is 0.765. The molecule has 4 heteroatoms. The zero-order chi connectivity index (χ0) is 15.8. The minimum Gasteiger partial charge on any atom is -0.383 e. The van der Waals surface area contributed by atoms with E-state index in [1.165, 1.54) is 0 Å². The van der Waals surface area contributed by atoms with Gasteiger partial charge in [0.25, 0.3) is 0 Å². The van der Waals surface area contributed by atoms with Crippen LogP contribution in [0, 0.1) is 12.3 Å². The fourth-order valence-electron chi connectivity index (χ4n) is 3.37. The highest BCUT2D eigenvalue weighted by Gasteiger charge is 2.42. The average Bonchev–Trinajstić information content (AvgIpc) is 2.38. The first-order valence-corrected chi connectivity index (χ1v) is 7.90. The van der Waals surface area contributed by atoms with E-state index in [1.807, 2.05) is 6.92 Å². The third kappa shape index (κ3) is 3.05. The van der Waals surface area contributed by atoms with E-state index in [2.05, 4.69) is 32.7 Å². The summed E-state index contributed by atoms with van der Waals surface area (Å²) >= 11 is 0. The second-order valence-electron chi connectivity index (χ2n) is 7.45. The number of aryl methyl sites for hydroxylation is 1. The number of hydrogen-bond donors (Lipinski definition) is 1. The predicted octanol–water partition coefficient (Wildman–Crippen LogP) is 3.93. The number of nitrogens with two attached hydrogens (primary N) is 1. The molecule has 0 saturated heterocycles. The van der Waals surface area contributed by atoms with Crippen LogP contribution in [0.1, 0.15) is 76.4 Å². The fourth-order valence-corrected chi connectivity index (χ4v) is 3.37. The van der Waals surface area contributed by atoms with Crippen LogP contribution in [-0.4, -0.2) is 17.1 Å². The maximum Gasteiger partial charge on any atom is 0.162 e. The van der Waals surface area contributed by atoms with Crippen LogP contribution in [0.2, 0.25) is 0 Å². The minimum atomic E-state index is -0.371. The second kappa shape index (κ2) is 5.56. The lowest BCUT2D eigenvalue weighted by Gasteiger charge is -2.41. The van der Waals surface area contributed by atoms with Gasteiger partial charge in [0.15, 0.2) is 5.82 Å². The zero-order valence-corrected chi connectivity index (χ0v) is 14.3. The molecule has 1 aliphatic rings. The van der Waals surface area contributed by atoms with E-state index < -0.39 is 0 Å². The van der Waals surface area contributed by atoms with Gasteiger partial charge in [-0.15, -0.1) is 0 Å². The van der Waals surface area contributed by atoms with Crippen molar-refractivity contribution in [3.05, 3.63) is 17.1 Å². The van der Waals surface area contributed by atoms with E-state index in [-0.39, 0.29) is 5.60 Å². The summed E-state index contributed by atoms with van der Waals surface area (Å²) in [6, 6.07) is 0. The highest BCUT2D eigenvalue weighted by molar-refractivity contribution is 5.44. The highest BCUT2D eigenvalue weighted by atomic mass is 16.5. The molecule has 0 radical (unpaired) electrons. The monoisotopic (exact) mass is 291 g/mol. The summed E-state index contributed by atoms with van der Waals surface area (Å²) < 4.78 is 5.89. The molecule has 0 spiro atoms. The SMILES string of the molecule is COC1(c2nc(C)c(C(C)C)c(N)n2)CCC(C)(C)CC1. The number of ether oxygens (including phenoxy) is 1. The molecule has 1 aromatic heterocycles. The van der Waals surface area contributed by atoms with Crippen LogP contribution in [0.4, 0.5) is 5.82 Å². The van der Waals surface area contributed by atoms with Gasteiger partial charge in [-0.3, -0.25) is 0 Å². The Hall–Kier alpha value is -1.16. The maximum atomic E-state index is 6.19. The number of rotatable bonds is 3. The summed E-state index contributed by atoms with van der Waals surface area (Å²) in [7, 11) is 1.77. The molecule has 1 aromatic rings. The van der Waals surface area contributed by atoms with Gasteiger partial charge >= 0.3 is 0 Å². The normalized spacial score (nSPS) is 20.7. The summed E-state index contributed by atoms with van der Waals surface area (Å²) in [6.45, 7) is 10.9. The van der Waals surface area contributed by atoms with Gasteiger partial charge in [0.1, 0.15) is 11.4 Å². The Morgan fingerprint density at radius 1 is 1.10 bits per heavy atom. The van der Waals surface area contributed by atoms with Crippen LogP contribution >= 0.6 is 0 Å². The molecular formula is C17H29N3O. The van der Waals surface area contributed by atoms with Crippen molar-refractivity contribution in [2.45, 2.75) is 71.8 Å². The lowest BCUT2D eigenvalue weighted by Crippen LogP contribution is -2.38. The van der Waals surface area contributed by atoms with E-state index in [1.54, 1.807) is 7.11 Å². The molecule has 2 rings (SSSR count). The molecule has 0 bridgehead atoms. The first kappa shape index (κ1) is 16.2. The average molecular weight is 291 g/mol. The lowest BCUT2D eigenvalue weighted by molar-refractivity contribution is -0.0729. The smallest absolute Gasteiger partial charge is 0.162 e.